The number of nitrogens with zero attached hydrogens (tertiary/aromatic N) is 4. The standard InChI is InChI=1S/C23H22N6O/c1-15-6-7-17(13-27-15)20-12-21(29-14-28-20)25-10-8-16-4-3-5-18-19(23(30)24-2)9-11-26-22(16)18/h3-7,9,11-14H,8,10H2,1-2H3,(H,24,30)(H,25,28,29). The van der Waals surface area contributed by atoms with Crippen LogP contribution < -0.4 is 10.6 Å². The van der Waals surface area contributed by atoms with E-state index in [1.807, 2.05) is 49.5 Å². The summed E-state index contributed by atoms with van der Waals surface area (Å²) in [4.78, 5) is 29.6. The summed E-state index contributed by atoms with van der Waals surface area (Å²) in [6.45, 7) is 2.63. The molecule has 0 saturated heterocycles. The van der Waals surface area contributed by atoms with Crippen LogP contribution >= 0.6 is 0 Å². The van der Waals surface area contributed by atoms with Crippen LogP contribution in [0.5, 0.6) is 0 Å². The highest BCUT2D eigenvalue weighted by molar-refractivity contribution is 6.06. The van der Waals surface area contributed by atoms with E-state index in [0.717, 1.165) is 45.7 Å². The molecule has 2 N–H and O–H groups in total. The molecule has 1 aromatic carbocycles. The van der Waals surface area contributed by atoms with Gasteiger partial charge in [-0.2, -0.15) is 0 Å². The van der Waals surface area contributed by atoms with Gasteiger partial charge in [0.15, 0.2) is 0 Å². The van der Waals surface area contributed by atoms with Crippen LogP contribution in [-0.2, 0) is 6.42 Å². The first-order valence-electron chi connectivity index (χ1n) is 9.73. The van der Waals surface area contributed by atoms with Crippen LogP contribution in [0, 0.1) is 6.92 Å². The van der Waals surface area contributed by atoms with Crippen molar-refractivity contribution in [2.24, 2.45) is 0 Å². The third-order valence-electron chi connectivity index (χ3n) is 4.90. The van der Waals surface area contributed by atoms with E-state index in [2.05, 4.69) is 30.6 Å². The summed E-state index contributed by atoms with van der Waals surface area (Å²) in [7, 11) is 1.63. The van der Waals surface area contributed by atoms with Gasteiger partial charge >= 0.3 is 0 Å². The van der Waals surface area contributed by atoms with E-state index < -0.39 is 0 Å². The number of amides is 1. The summed E-state index contributed by atoms with van der Waals surface area (Å²) >= 11 is 0. The first-order valence-corrected chi connectivity index (χ1v) is 9.73. The van der Waals surface area contributed by atoms with E-state index in [4.69, 9.17) is 0 Å². The summed E-state index contributed by atoms with van der Waals surface area (Å²) in [6, 6.07) is 13.5. The molecular formula is C23H22N6O. The van der Waals surface area contributed by atoms with Gasteiger partial charge in [0, 0.05) is 48.7 Å². The maximum Gasteiger partial charge on any atom is 0.251 e. The van der Waals surface area contributed by atoms with Gasteiger partial charge in [0.1, 0.15) is 12.1 Å². The summed E-state index contributed by atoms with van der Waals surface area (Å²) in [5.41, 5.74) is 5.28. The number of carbonyl (C=O) groups is 1. The molecule has 0 saturated carbocycles. The van der Waals surface area contributed by atoms with Crippen LogP contribution in [0.1, 0.15) is 21.6 Å². The average Bonchev–Trinajstić information content (AvgIpc) is 2.79. The van der Waals surface area contributed by atoms with Crippen LogP contribution in [-0.4, -0.2) is 39.4 Å². The first-order chi connectivity index (χ1) is 14.7. The Morgan fingerprint density at radius 3 is 2.73 bits per heavy atom. The number of carbonyl (C=O) groups excluding carboxylic acids is 1. The number of para-hydroxylation sites is 1. The Morgan fingerprint density at radius 2 is 1.93 bits per heavy atom. The van der Waals surface area contributed by atoms with Gasteiger partial charge in [0.05, 0.1) is 16.8 Å². The molecule has 7 nitrogen and oxygen atoms in total. The van der Waals surface area contributed by atoms with E-state index in [1.54, 1.807) is 25.6 Å². The minimum absolute atomic E-state index is 0.114. The van der Waals surface area contributed by atoms with Crippen molar-refractivity contribution in [3.05, 3.63) is 78.0 Å². The minimum Gasteiger partial charge on any atom is -0.370 e. The van der Waals surface area contributed by atoms with Crippen LogP contribution in [0.15, 0.2) is 61.2 Å². The monoisotopic (exact) mass is 398 g/mol. The number of anilines is 1. The molecule has 0 spiro atoms. The lowest BCUT2D eigenvalue weighted by Gasteiger charge is -2.10. The van der Waals surface area contributed by atoms with Gasteiger partial charge in [0.25, 0.3) is 5.91 Å². The fraction of sp³-hybridized carbons (Fsp3) is 0.174. The lowest BCUT2D eigenvalue weighted by Crippen LogP contribution is -2.18. The number of benzene rings is 1. The van der Waals surface area contributed by atoms with Gasteiger partial charge in [-0.05, 0) is 37.1 Å². The van der Waals surface area contributed by atoms with Crippen LogP contribution in [0.4, 0.5) is 5.82 Å². The second-order valence-electron chi connectivity index (χ2n) is 6.90. The molecule has 0 bridgehead atoms. The summed E-state index contributed by atoms with van der Waals surface area (Å²) in [5, 5.41) is 6.88. The number of nitrogens with one attached hydrogen (secondary N) is 2. The first kappa shape index (κ1) is 19.4. The van der Waals surface area contributed by atoms with E-state index >= 15 is 0 Å². The number of fused-ring (bicyclic) bond motifs is 1. The third kappa shape index (κ3) is 4.10. The Kier molecular flexibility index (Phi) is 5.61. The highest BCUT2D eigenvalue weighted by atomic mass is 16.1. The number of aryl methyl sites for hydroxylation is 1. The van der Waals surface area contributed by atoms with Crippen molar-refractivity contribution in [1.29, 1.82) is 0 Å². The molecule has 0 aliphatic heterocycles. The van der Waals surface area contributed by atoms with Crippen molar-refractivity contribution in [1.82, 2.24) is 25.3 Å². The summed E-state index contributed by atoms with van der Waals surface area (Å²) in [6.07, 6.45) is 5.78. The predicted molar refractivity (Wildman–Crippen MR) is 117 cm³/mol. The number of pyridine rings is 2. The molecular weight excluding hydrogens is 376 g/mol. The second-order valence-corrected chi connectivity index (χ2v) is 6.90. The Labute approximate surface area is 174 Å². The molecule has 30 heavy (non-hydrogen) atoms. The smallest absolute Gasteiger partial charge is 0.251 e. The van der Waals surface area contributed by atoms with Gasteiger partial charge in [-0.25, -0.2) is 9.97 Å². The lowest BCUT2D eigenvalue weighted by atomic mass is 10.0. The Balaban J connectivity index is 1.50. The van der Waals surface area contributed by atoms with Crippen molar-refractivity contribution in [3.63, 3.8) is 0 Å². The molecule has 1 amide bonds. The normalized spacial score (nSPS) is 10.7. The topological polar surface area (TPSA) is 92.7 Å². The summed E-state index contributed by atoms with van der Waals surface area (Å²) < 4.78 is 0. The molecule has 0 radical (unpaired) electrons. The maximum atomic E-state index is 12.1. The van der Waals surface area contributed by atoms with Gasteiger partial charge in [0.2, 0.25) is 0 Å². The van der Waals surface area contributed by atoms with Crippen molar-refractivity contribution in [2.75, 3.05) is 18.9 Å². The molecule has 0 aliphatic carbocycles. The Bertz CT molecular complexity index is 1190. The van der Waals surface area contributed by atoms with E-state index in [9.17, 15) is 4.79 Å². The van der Waals surface area contributed by atoms with Crippen molar-refractivity contribution in [3.8, 4) is 11.3 Å². The zero-order valence-corrected chi connectivity index (χ0v) is 16.9. The van der Waals surface area contributed by atoms with Crippen molar-refractivity contribution < 1.29 is 4.79 Å². The van der Waals surface area contributed by atoms with Crippen molar-refractivity contribution >= 4 is 22.6 Å². The molecule has 150 valence electrons. The summed E-state index contributed by atoms with van der Waals surface area (Å²) in [5.74, 6) is 0.636. The predicted octanol–water partition coefficient (Wildman–Crippen LogP) is 3.41. The molecule has 7 heteroatoms. The Morgan fingerprint density at radius 1 is 1.03 bits per heavy atom. The van der Waals surface area contributed by atoms with Gasteiger partial charge < -0.3 is 10.6 Å². The molecule has 3 aromatic heterocycles. The van der Waals surface area contributed by atoms with Gasteiger partial charge in [-0.15, -0.1) is 0 Å². The highest BCUT2D eigenvalue weighted by Gasteiger charge is 2.11. The minimum atomic E-state index is -0.114. The van der Waals surface area contributed by atoms with Crippen LogP contribution in [0.3, 0.4) is 0 Å². The zero-order valence-electron chi connectivity index (χ0n) is 16.9. The number of hydrogen-bond donors (Lipinski definition) is 2. The van der Waals surface area contributed by atoms with Crippen LogP contribution in [0.25, 0.3) is 22.2 Å². The maximum absolute atomic E-state index is 12.1. The highest BCUT2D eigenvalue weighted by Crippen LogP contribution is 2.21. The molecule has 0 atom stereocenters. The van der Waals surface area contributed by atoms with Crippen molar-refractivity contribution in [2.45, 2.75) is 13.3 Å². The molecule has 3 heterocycles. The van der Waals surface area contributed by atoms with Gasteiger partial charge in [-0.1, -0.05) is 18.2 Å². The molecule has 0 fully saturated rings. The molecule has 0 unspecified atom stereocenters. The third-order valence-corrected chi connectivity index (χ3v) is 4.90. The van der Waals surface area contributed by atoms with Gasteiger partial charge in [-0.3, -0.25) is 14.8 Å². The largest absolute Gasteiger partial charge is 0.370 e. The van der Waals surface area contributed by atoms with E-state index in [-0.39, 0.29) is 5.91 Å². The molecule has 4 aromatic rings. The van der Waals surface area contributed by atoms with E-state index in [1.165, 1.54) is 0 Å². The van der Waals surface area contributed by atoms with Crippen LogP contribution in [0.2, 0.25) is 0 Å². The fourth-order valence-corrected chi connectivity index (χ4v) is 3.33. The molecule has 0 aliphatic rings. The lowest BCUT2D eigenvalue weighted by molar-refractivity contribution is 0.0964. The number of rotatable bonds is 6. The quantitative estimate of drug-likeness (QED) is 0.517. The zero-order chi connectivity index (χ0) is 20.9. The second kappa shape index (κ2) is 8.65. The molecule has 4 rings (SSSR count). The van der Waals surface area contributed by atoms with E-state index in [0.29, 0.717) is 12.1 Å². The Hall–Kier alpha value is -3.87. The number of hydrogen-bond acceptors (Lipinski definition) is 6. The average molecular weight is 398 g/mol. The SMILES string of the molecule is CNC(=O)c1ccnc2c(CCNc3cc(-c4ccc(C)nc4)ncn3)cccc12. The number of aromatic nitrogens is 4. The fourth-order valence-electron chi connectivity index (χ4n) is 3.33.